The third kappa shape index (κ3) is 2.15. The van der Waals surface area contributed by atoms with Crippen molar-refractivity contribution in [3.8, 4) is 10.4 Å². The number of rotatable bonds is 2. The van der Waals surface area contributed by atoms with Crippen LogP contribution in [0.3, 0.4) is 0 Å². The van der Waals surface area contributed by atoms with Crippen LogP contribution in [0.25, 0.3) is 15.3 Å². The topological polar surface area (TPSA) is 37.2 Å². The summed E-state index contributed by atoms with van der Waals surface area (Å²) in [6.45, 7) is 10.8. The molecule has 0 aliphatic rings. The van der Waals surface area contributed by atoms with Gasteiger partial charge in [0.2, 0.25) is 5.00 Å². The predicted octanol–water partition coefficient (Wildman–Crippen LogP) is 3.53. The summed E-state index contributed by atoms with van der Waals surface area (Å²) >= 11 is 1.45. The van der Waals surface area contributed by atoms with Crippen LogP contribution in [0, 0.1) is 13.5 Å². The zero-order valence-corrected chi connectivity index (χ0v) is 10.5. The number of H-pyrrole nitrogens is 1. The Bertz CT molecular complexity index is 646. The number of aryl methyl sites for hydroxylation is 2. The van der Waals surface area contributed by atoms with Gasteiger partial charge in [-0.05, 0) is 25.5 Å². The molecule has 0 aliphatic heterocycles. The van der Waals surface area contributed by atoms with Gasteiger partial charge in [0.05, 0.1) is 6.57 Å². The third-order valence-corrected chi connectivity index (χ3v) is 3.68. The first-order valence-electron chi connectivity index (χ1n) is 5.36. The van der Waals surface area contributed by atoms with Crippen molar-refractivity contribution < 1.29 is 0 Å². The minimum Gasteiger partial charge on any atom is -0.326 e. The first-order chi connectivity index (χ1) is 8.15. The highest BCUT2D eigenvalue weighted by Gasteiger charge is 2.08. The van der Waals surface area contributed by atoms with Crippen LogP contribution in [-0.4, -0.2) is 4.98 Å². The summed E-state index contributed by atoms with van der Waals surface area (Å²) in [7, 11) is 0. The van der Waals surface area contributed by atoms with Gasteiger partial charge in [-0.3, -0.25) is 4.79 Å². The Hall–Kier alpha value is -1.86. The van der Waals surface area contributed by atoms with Crippen molar-refractivity contribution in [3.05, 3.63) is 51.2 Å². The van der Waals surface area contributed by atoms with E-state index in [1.165, 1.54) is 11.3 Å². The molecule has 0 unspecified atom stereocenters. The van der Waals surface area contributed by atoms with Gasteiger partial charge in [0.25, 0.3) is 5.56 Å². The molecule has 0 saturated carbocycles. The number of hydrogen-bond acceptors (Lipinski definition) is 2. The summed E-state index contributed by atoms with van der Waals surface area (Å²) in [4.78, 5) is 18.9. The Morgan fingerprint density at radius 3 is 2.82 bits per heavy atom. The normalized spacial score (nSPS) is 10.2. The van der Waals surface area contributed by atoms with E-state index in [9.17, 15) is 4.79 Å². The molecule has 2 aromatic heterocycles. The average molecular weight is 244 g/mol. The van der Waals surface area contributed by atoms with Crippen molar-refractivity contribution in [1.82, 2.24) is 4.98 Å². The van der Waals surface area contributed by atoms with Crippen molar-refractivity contribution in [1.29, 1.82) is 0 Å². The Morgan fingerprint density at radius 1 is 1.47 bits per heavy atom. The maximum Gasteiger partial charge on any atom is 0.251 e. The van der Waals surface area contributed by atoms with Crippen LogP contribution in [-0.2, 0) is 6.42 Å². The molecule has 0 aliphatic carbocycles. The largest absolute Gasteiger partial charge is 0.326 e. The number of nitrogens with zero attached hydrogens (tertiary/aromatic N) is 1. The molecule has 0 spiro atoms. The van der Waals surface area contributed by atoms with Gasteiger partial charge in [0.15, 0.2) is 0 Å². The quantitative estimate of drug-likeness (QED) is 0.806. The smallest absolute Gasteiger partial charge is 0.251 e. The second kappa shape index (κ2) is 4.56. The standard InChI is InChI=1S/C13H12N2OS/c1-4-9-7-10(8(2)15-13(9)16)11-5-6-12(14-3)17-11/h5-7H,4H2,1-2H3,(H,15,16). The van der Waals surface area contributed by atoms with E-state index in [4.69, 9.17) is 6.57 Å². The zero-order chi connectivity index (χ0) is 12.4. The number of aromatic nitrogens is 1. The molecule has 1 N–H and O–H groups in total. The molecule has 86 valence electrons. The molecule has 0 atom stereocenters. The molecule has 0 fully saturated rings. The fourth-order valence-electron chi connectivity index (χ4n) is 1.72. The van der Waals surface area contributed by atoms with Crippen LogP contribution in [0.1, 0.15) is 18.2 Å². The van der Waals surface area contributed by atoms with E-state index in [1.807, 2.05) is 32.0 Å². The van der Waals surface area contributed by atoms with Crippen molar-refractivity contribution in [2.75, 3.05) is 0 Å². The van der Waals surface area contributed by atoms with Gasteiger partial charge in [-0.25, -0.2) is 4.85 Å². The highest BCUT2D eigenvalue weighted by atomic mass is 32.1. The van der Waals surface area contributed by atoms with Crippen molar-refractivity contribution in [2.24, 2.45) is 0 Å². The van der Waals surface area contributed by atoms with Gasteiger partial charge in [-0.1, -0.05) is 13.0 Å². The lowest BCUT2D eigenvalue weighted by Gasteiger charge is -2.05. The van der Waals surface area contributed by atoms with Gasteiger partial charge in [0.1, 0.15) is 0 Å². The Morgan fingerprint density at radius 2 is 2.24 bits per heavy atom. The molecular formula is C13H12N2OS. The van der Waals surface area contributed by atoms with E-state index >= 15 is 0 Å². The number of hydrogen-bond donors (Lipinski definition) is 1. The fourth-order valence-corrected chi connectivity index (χ4v) is 2.58. The van der Waals surface area contributed by atoms with Crippen molar-refractivity contribution >= 4 is 16.3 Å². The summed E-state index contributed by atoms with van der Waals surface area (Å²) in [6, 6.07) is 5.66. The Kier molecular flexibility index (Phi) is 3.12. The maximum absolute atomic E-state index is 11.6. The van der Waals surface area contributed by atoms with Gasteiger partial charge in [-0.2, -0.15) is 11.3 Å². The SMILES string of the molecule is [C-]#[N+]c1ccc(-c2cc(CC)c(=O)[nH]c2C)s1. The molecule has 3 nitrogen and oxygen atoms in total. The lowest BCUT2D eigenvalue weighted by molar-refractivity contribution is 1.03. The van der Waals surface area contributed by atoms with Gasteiger partial charge < -0.3 is 4.98 Å². The number of pyridine rings is 1. The molecule has 2 rings (SSSR count). The van der Waals surface area contributed by atoms with E-state index in [2.05, 4.69) is 9.83 Å². The van der Waals surface area contributed by atoms with E-state index in [1.54, 1.807) is 0 Å². The van der Waals surface area contributed by atoms with Gasteiger partial charge in [-0.15, -0.1) is 0 Å². The van der Waals surface area contributed by atoms with Gasteiger partial charge >= 0.3 is 0 Å². The van der Waals surface area contributed by atoms with Crippen LogP contribution < -0.4 is 5.56 Å². The van der Waals surface area contributed by atoms with Gasteiger partial charge in [0, 0.05) is 21.7 Å². The fraction of sp³-hybridized carbons (Fsp3) is 0.231. The van der Waals surface area contributed by atoms with E-state index in [-0.39, 0.29) is 5.56 Å². The lowest BCUT2D eigenvalue weighted by atomic mass is 10.1. The number of thiophene rings is 1. The van der Waals surface area contributed by atoms with Crippen molar-refractivity contribution in [2.45, 2.75) is 20.3 Å². The summed E-state index contributed by atoms with van der Waals surface area (Å²) in [5, 5.41) is 0.670. The molecule has 4 heteroatoms. The Labute approximate surface area is 104 Å². The first kappa shape index (κ1) is 11.6. The van der Waals surface area contributed by atoms with E-state index in [0.717, 1.165) is 21.7 Å². The van der Waals surface area contributed by atoms with E-state index in [0.29, 0.717) is 11.4 Å². The van der Waals surface area contributed by atoms with Crippen LogP contribution in [0.4, 0.5) is 5.00 Å². The molecule has 0 aromatic carbocycles. The summed E-state index contributed by atoms with van der Waals surface area (Å²) in [5.74, 6) is 0. The molecular weight excluding hydrogens is 232 g/mol. The minimum atomic E-state index is -0.0179. The number of aromatic amines is 1. The third-order valence-electron chi connectivity index (χ3n) is 2.66. The Balaban J connectivity index is 2.59. The lowest BCUT2D eigenvalue weighted by Crippen LogP contribution is -2.13. The minimum absolute atomic E-state index is 0.0179. The second-order valence-electron chi connectivity index (χ2n) is 3.77. The summed E-state index contributed by atoms with van der Waals surface area (Å²) in [6.07, 6.45) is 0.712. The van der Waals surface area contributed by atoms with E-state index < -0.39 is 0 Å². The van der Waals surface area contributed by atoms with Crippen molar-refractivity contribution in [3.63, 3.8) is 0 Å². The molecule has 0 saturated heterocycles. The van der Waals surface area contributed by atoms with Crippen LogP contribution in [0.15, 0.2) is 23.0 Å². The highest BCUT2D eigenvalue weighted by Crippen LogP contribution is 2.34. The maximum atomic E-state index is 11.6. The average Bonchev–Trinajstić information content (AvgIpc) is 2.78. The van der Waals surface area contributed by atoms with Crippen LogP contribution in [0.5, 0.6) is 0 Å². The predicted molar refractivity (Wildman–Crippen MR) is 70.8 cm³/mol. The summed E-state index contributed by atoms with van der Waals surface area (Å²) in [5.41, 5.74) is 2.63. The molecule has 2 aromatic rings. The first-order valence-corrected chi connectivity index (χ1v) is 6.17. The molecule has 17 heavy (non-hydrogen) atoms. The molecule has 2 heterocycles. The number of nitrogens with one attached hydrogen (secondary N) is 1. The highest BCUT2D eigenvalue weighted by molar-refractivity contribution is 7.19. The molecule has 0 amide bonds. The summed E-state index contributed by atoms with van der Waals surface area (Å²) < 4.78 is 0. The molecule has 0 bridgehead atoms. The zero-order valence-electron chi connectivity index (χ0n) is 9.70. The van der Waals surface area contributed by atoms with Crippen LogP contribution in [0.2, 0.25) is 0 Å². The monoisotopic (exact) mass is 244 g/mol. The second-order valence-corrected chi connectivity index (χ2v) is 4.83. The molecule has 0 radical (unpaired) electrons. The van der Waals surface area contributed by atoms with Crippen LogP contribution >= 0.6 is 11.3 Å².